The zero-order valence-electron chi connectivity index (χ0n) is 11.6. The Morgan fingerprint density at radius 2 is 1.89 bits per heavy atom. The molecule has 0 saturated carbocycles. The second kappa shape index (κ2) is 7.86. The van der Waals surface area contributed by atoms with E-state index in [1.54, 1.807) is 13.8 Å². The van der Waals surface area contributed by atoms with Gasteiger partial charge in [0.25, 0.3) is 6.43 Å². The quantitative estimate of drug-likeness (QED) is 0.641. The van der Waals surface area contributed by atoms with Gasteiger partial charge in [-0.2, -0.15) is 0 Å². The Morgan fingerprint density at radius 1 is 1.37 bits per heavy atom. The number of amides is 1. The summed E-state index contributed by atoms with van der Waals surface area (Å²) in [5, 5.41) is 0. The minimum Gasteiger partial charge on any atom is -0.435 e. The Kier molecular flexibility index (Phi) is 7.26. The van der Waals surface area contributed by atoms with Gasteiger partial charge in [0.15, 0.2) is 5.60 Å². The average Bonchev–Trinajstić information content (AvgIpc) is 2.36. The van der Waals surface area contributed by atoms with Crippen LogP contribution in [0.4, 0.5) is 13.6 Å². The van der Waals surface area contributed by atoms with Crippen LogP contribution >= 0.6 is 0 Å². The summed E-state index contributed by atoms with van der Waals surface area (Å²) in [5.74, 6) is -1.38. The van der Waals surface area contributed by atoms with E-state index in [-0.39, 0.29) is 6.42 Å². The number of ether oxygens (including phenoxy) is 1. The zero-order chi connectivity index (χ0) is 15.1. The van der Waals surface area contributed by atoms with Crippen LogP contribution < -0.4 is 0 Å². The molecule has 19 heavy (non-hydrogen) atoms. The van der Waals surface area contributed by atoms with Crippen LogP contribution in [0.3, 0.4) is 0 Å². The van der Waals surface area contributed by atoms with Crippen LogP contribution in [0.2, 0.25) is 0 Å². The number of carbonyl (C=O) groups is 2. The highest BCUT2D eigenvalue weighted by atomic mass is 19.3. The van der Waals surface area contributed by atoms with E-state index < -0.39 is 23.9 Å². The minimum absolute atomic E-state index is 0.00726. The van der Waals surface area contributed by atoms with E-state index in [1.807, 2.05) is 0 Å². The number of nitrogens with zero attached hydrogens (tertiary/aromatic N) is 1. The van der Waals surface area contributed by atoms with Gasteiger partial charge < -0.3 is 9.64 Å². The van der Waals surface area contributed by atoms with Crippen LogP contribution in [0, 0.1) is 0 Å². The van der Waals surface area contributed by atoms with Crippen molar-refractivity contribution in [1.82, 2.24) is 4.90 Å². The van der Waals surface area contributed by atoms with E-state index in [2.05, 4.69) is 6.58 Å². The van der Waals surface area contributed by atoms with Crippen molar-refractivity contribution in [2.24, 2.45) is 0 Å². The molecule has 110 valence electrons. The summed E-state index contributed by atoms with van der Waals surface area (Å²) < 4.78 is 30.2. The molecule has 1 atom stereocenters. The second-order valence-electron chi connectivity index (χ2n) is 4.26. The molecule has 4 nitrogen and oxygen atoms in total. The molecular formula is C13H21F2NO3. The molecule has 0 aromatic heterocycles. The molecule has 1 amide bonds. The smallest absolute Gasteiger partial charge is 0.410 e. The molecule has 0 spiro atoms. The maximum Gasteiger partial charge on any atom is 0.410 e. The number of hydrogen-bond donors (Lipinski definition) is 0. The lowest BCUT2D eigenvalue weighted by molar-refractivity contribution is -0.149. The Bertz CT molecular complexity index is 330. The van der Waals surface area contributed by atoms with Gasteiger partial charge in [-0.3, -0.25) is 4.79 Å². The maximum absolute atomic E-state index is 12.6. The van der Waals surface area contributed by atoms with Crippen molar-refractivity contribution >= 4 is 11.9 Å². The molecule has 0 aromatic rings. The van der Waals surface area contributed by atoms with Gasteiger partial charge in [-0.1, -0.05) is 6.08 Å². The molecule has 0 aliphatic carbocycles. The van der Waals surface area contributed by atoms with Gasteiger partial charge in [-0.05, 0) is 33.6 Å². The summed E-state index contributed by atoms with van der Waals surface area (Å²) in [7, 11) is 0. The van der Waals surface area contributed by atoms with E-state index in [0.717, 1.165) is 0 Å². The van der Waals surface area contributed by atoms with E-state index in [9.17, 15) is 18.4 Å². The number of halogens is 2. The first-order valence-electron chi connectivity index (χ1n) is 6.23. The van der Waals surface area contributed by atoms with Gasteiger partial charge in [0.1, 0.15) is 0 Å². The fourth-order valence-electron chi connectivity index (χ4n) is 1.57. The lowest BCUT2D eigenvalue weighted by atomic mass is 9.94. The van der Waals surface area contributed by atoms with Crippen molar-refractivity contribution in [1.29, 1.82) is 0 Å². The topological polar surface area (TPSA) is 46.6 Å². The van der Waals surface area contributed by atoms with Crippen LogP contribution in [-0.2, 0) is 9.53 Å². The van der Waals surface area contributed by atoms with Gasteiger partial charge in [-0.15, -0.1) is 6.58 Å². The Hall–Kier alpha value is -1.46. The van der Waals surface area contributed by atoms with Gasteiger partial charge in [0.05, 0.1) is 0 Å². The number of rotatable bonds is 8. The molecule has 0 bridgehead atoms. The Balaban J connectivity index is 4.99. The summed E-state index contributed by atoms with van der Waals surface area (Å²) in [6.07, 6.45) is -2.14. The van der Waals surface area contributed by atoms with Crippen LogP contribution in [0.1, 0.15) is 33.6 Å². The third-order valence-electron chi connectivity index (χ3n) is 2.88. The molecule has 0 aromatic carbocycles. The minimum atomic E-state index is -3.17. The normalized spacial score (nSPS) is 13.8. The lowest BCUT2D eigenvalue weighted by Crippen LogP contribution is -2.47. The van der Waals surface area contributed by atoms with Crippen molar-refractivity contribution in [3.05, 3.63) is 12.7 Å². The molecule has 0 aliphatic rings. The van der Waals surface area contributed by atoms with Crippen molar-refractivity contribution in [3.63, 3.8) is 0 Å². The summed E-state index contributed by atoms with van der Waals surface area (Å²) >= 11 is 0. The first-order valence-corrected chi connectivity index (χ1v) is 6.23. The highest BCUT2D eigenvalue weighted by molar-refractivity contribution is 5.91. The second-order valence-corrected chi connectivity index (χ2v) is 4.26. The molecular weight excluding hydrogens is 256 g/mol. The van der Waals surface area contributed by atoms with Crippen molar-refractivity contribution in [2.75, 3.05) is 13.1 Å². The Morgan fingerprint density at radius 3 is 2.26 bits per heavy atom. The third-order valence-corrected chi connectivity index (χ3v) is 2.88. The van der Waals surface area contributed by atoms with Crippen molar-refractivity contribution < 1.29 is 23.1 Å². The highest BCUT2D eigenvalue weighted by Crippen LogP contribution is 2.24. The van der Waals surface area contributed by atoms with E-state index in [0.29, 0.717) is 19.5 Å². The standard InChI is InChI=1S/C13H21F2NO3/c1-5-8-9-13(4,10(17)11(14)15)19-12(18)16(6-2)7-3/h5,11H,1,6-9H2,2-4H3. The SMILES string of the molecule is C=CCCC(C)(OC(=O)N(CC)CC)C(=O)C(F)F. The molecule has 0 heterocycles. The number of allylic oxidation sites excluding steroid dienone is 1. The van der Waals surface area contributed by atoms with Crippen LogP contribution in [-0.4, -0.2) is 41.9 Å². The van der Waals surface area contributed by atoms with Gasteiger partial charge in [0.2, 0.25) is 5.78 Å². The number of alkyl halides is 2. The van der Waals surface area contributed by atoms with Gasteiger partial charge in [0, 0.05) is 13.1 Å². The molecule has 0 radical (unpaired) electrons. The number of Topliss-reactive ketones (excluding diaryl/α,β-unsaturated/α-hetero) is 1. The first kappa shape index (κ1) is 17.5. The predicted octanol–water partition coefficient (Wildman–Crippen LogP) is 3.02. The molecule has 0 aliphatic heterocycles. The summed E-state index contributed by atoms with van der Waals surface area (Å²) in [6.45, 7) is 8.92. The number of carbonyl (C=O) groups excluding carboxylic acids is 2. The Labute approximate surface area is 112 Å². The van der Waals surface area contributed by atoms with E-state index in [4.69, 9.17) is 4.74 Å². The first-order chi connectivity index (χ1) is 8.82. The number of hydrogen-bond acceptors (Lipinski definition) is 3. The fraction of sp³-hybridized carbons (Fsp3) is 0.692. The van der Waals surface area contributed by atoms with Gasteiger partial charge in [-0.25, -0.2) is 13.6 Å². The zero-order valence-corrected chi connectivity index (χ0v) is 11.6. The molecule has 0 rings (SSSR count). The monoisotopic (exact) mass is 277 g/mol. The molecule has 0 saturated heterocycles. The molecule has 1 unspecified atom stereocenters. The van der Waals surface area contributed by atoms with Crippen molar-refractivity contribution in [2.45, 2.75) is 45.6 Å². The number of ketones is 1. The van der Waals surface area contributed by atoms with Crippen LogP contribution in [0.15, 0.2) is 12.7 Å². The summed E-state index contributed by atoms with van der Waals surface area (Å²) in [5.41, 5.74) is -1.82. The van der Waals surface area contributed by atoms with Gasteiger partial charge >= 0.3 is 6.09 Å². The van der Waals surface area contributed by atoms with E-state index in [1.165, 1.54) is 17.9 Å². The van der Waals surface area contributed by atoms with Crippen LogP contribution in [0.25, 0.3) is 0 Å². The highest BCUT2D eigenvalue weighted by Gasteiger charge is 2.42. The summed E-state index contributed by atoms with van der Waals surface area (Å²) in [6, 6.07) is 0. The molecule has 0 N–H and O–H groups in total. The molecule has 0 fully saturated rings. The third kappa shape index (κ3) is 4.96. The largest absolute Gasteiger partial charge is 0.435 e. The van der Waals surface area contributed by atoms with Crippen molar-refractivity contribution in [3.8, 4) is 0 Å². The average molecular weight is 277 g/mol. The van der Waals surface area contributed by atoms with E-state index >= 15 is 0 Å². The lowest BCUT2D eigenvalue weighted by Gasteiger charge is -2.30. The van der Waals surface area contributed by atoms with Crippen LogP contribution in [0.5, 0.6) is 0 Å². The summed E-state index contributed by atoms with van der Waals surface area (Å²) in [4.78, 5) is 24.6. The predicted molar refractivity (Wildman–Crippen MR) is 68.2 cm³/mol. The molecule has 6 heteroatoms. The fourth-order valence-corrected chi connectivity index (χ4v) is 1.57. The maximum atomic E-state index is 12.6.